The molecule has 23 heavy (non-hydrogen) atoms. The van der Waals surface area contributed by atoms with E-state index in [1.807, 2.05) is 6.07 Å². The fourth-order valence-corrected chi connectivity index (χ4v) is 3.54. The van der Waals surface area contributed by atoms with E-state index in [9.17, 15) is 10.1 Å². The van der Waals surface area contributed by atoms with Gasteiger partial charge in [-0.2, -0.15) is 0 Å². The van der Waals surface area contributed by atoms with Crippen molar-refractivity contribution in [1.29, 1.82) is 0 Å². The van der Waals surface area contributed by atoms with E-state index >= 15 is 0 Å². The summed E-state index contributed by atoms with van der Waals surface area (Å²) in [5.41, 5.74) is 0.842. The molecule has 0 radical (unpaired) electrons. The summed E-state index contributed by atoms with van der Waals surface area (Å²) in [4.78, 5) is 13.0. The molecule has 1 aromatic carbocycles. The molecule has 2 aliphatic rings. The molecule has 2 heterocycles. The highest BCUT2D eigenvalue weighted by Crippen LogP contribution is 2.33. The zero-order chi connectivity index (χ0) is 16.2. The van der Waals surface area contributed by atoms with Crippen LogP contribution in [0.25, 0.3) is 0 Å². The number of nitrogens with zero attached hydrogens (tertiary/aromatic N) is 2. The van der Waals surface area contributed by atoms with Crippen LogP contribution in [0.2, 0.25) is 0 Å². The molecule has 2 fully saturated rings. The van der Waals surface area contributed by atoms with Crippen LogP contribution in [0.4, 0.5) is 11.4 Å². The number of hydrogen-bond acceptors (Lipinski definition) is 5. The topological polar surface area (TPSA) is 64.8 Å². The number of rotatable bonds is 5. The van der Waals surface area contributed by atoms with E-state index in [1.165, 1.54) is 0 Å². The number of anilines is 1. The molecule has 1 unspecified atom stereocenters. The second kappa shape index (κ2) is 7.59. The Morgan fingerprint density at radius 3 is 2.78 bits per heavy atom. The maximum atomic E-state index is 11.2. The van der Waals surface area contributed by atoms with E-state index in [2.05, 4.69) is 20.8 Å². The fourth-order valence-electron chi connectivity index (χ4n) is 3.19. The lowest BCUT2D eigenvalue weighted by atomic mass is 10.1. The van der Waals surface area contributed by atoms with Gasteiger partial charge in [0.05, 0.1) is 23.7 Å². The third kappa shape index (κ3) is 4.22. The van der Waals surface area contributed by atoms with Crippen molar-refractivity contribution in [2.45, 2.75) is 37.9 Å². The lowest BCUT2D eigenvalue weighted by molar-refractivity contribution is -0.384. The minimum absolute atomic E-state index is 0.159. The first kappa shape index (κ1) is 16.7. The van der Waals surface area contributed by atoms with Crippen molar-refractivity contribution in [3.8, 4) is 0 Å². The van der Waals surface area contributed by atoms with Gasteiger partial charge in [-0.05, 0) is 37.8 Å². The molecule has 0 bridgehead atoms. The summed E-state index contributed by atoms with van der Waals surface area (Å²) in [6.07, 6.45) is 4.45. The molecule has 6 nitrogen and oxygen atoms in total. The van der Waals surface area contributed by atoms with Crippen LogP contribution in [0, 0.1) is 10.1 Å². The minimum Gasteiger partial charge on any atom is -0.376 e. The highest BCUT2D eigenvalue weighted by Gasteiger charge is 2.26. The summed E-state index contributed by atoms with van der Waals surface area (Å²) in [7, 11) is 0. The molecular formula is C16H21BrN2O4. The molecule has 0 aliphatic carbocycles. The van der Waals surface area contributed by atoms with Gasteiger partial charge in [-0.3, -0.25) is 10.1 Å². The van der Waals surface area contributed by atoms with Gasteiger partial charge in [-0.1, -0.05) is 15.9 Å². The van der Waals surface area contributed by atoms with Crippen LogP contribution in [-0.4, -0.2) is 43.4 Å². The quantitative estimate of drug-likeness (QED) is 0.573. The number of benzene rings is 1. The van der Waals surface area contributed by atoms with E-state index in [0.29, 0.717) is 12.3 Å². The lowest BCUT2D eigenvalue weighted by Crippen LogP contribution is -2.38. The van der Waals surface area contributed by atoms with Crippen LogP contribution in [0.5, 0.6) is 0 Å². The molecule has 0 saturated carbocycles. The third-order valence-electron chi connectivity index (χ3n) is 4.46. The first-order chi connectivity index (χ1) is 11.1. The van der Waals surface area contributed by atoms with Crippen LogP contribution >= 0.6 is 15.9 Å². The van der Waals surface area contributed by atoms with Gasteiger partial charge in [0.1, 0.15) is 5.69 Å². The number of hydrogen-bond donors (Lipinski definition) is 0. The average Bonchev–Trinajstić information content (AvgIpc) is 3.06. The number of ether oxygens (including phenoxy) is 2. The molecule has 0 amide bonds. The lowest BCUT2D eigenvalue weighted by Gasteiger charge is -2.33. The second-order valence-electron chi connectivity index (χ2n) is 6.04. The Kier molecular flexibility index (Phi) is 5.50. The molecule has 3 rings (SSSR count). The number of nitro groups is 1. The van der Waals surface area contributed by atoms with Crippen LogP contribution in [0.15, 0.2) is 22.7 Å². The van der Waals surface area contributed by atoms with Crippen molar-refractivity contribution >= 4 is 27.3 Å². The predicted molar refractivity (Wildman–Crippen MR) is 91.0 cm³/mol. The van der Waals surface area contributed by atoms with Gasteiger partial charge in [0.25, 0.3) is 5.69 Å². The maximum Gasteiger partial charge on any atom is 0.292 e. The molecule has 126 valence electrons. The van der Waals surface area contributed by atoms with Crippen molar-refractivity contribution in [3.63, 3.8) is 0 Å². The van der Waals surface area contributed by atoms with Gasteiger partial charge < -0.3 is 14.4 Å². The Morgan fingerprint density at radius 2 is 2.13 bits per heavy atom. The standard InChI is InChI=1S/C16H21BrN2O4/c17-12-3-4-15(19(20)21)16(10-12)18-7-5-13(6-8-18)23-11-14-2-1-9-22-14/h3-4,10,13-14H,1-2,5-9,11H2. The Hall–Kier alpha value is -1.18. The van der Waals surface area contributed by atoms with E-state index in [1.54, 1.807) is 12.1 Å². The molecule has 1 atom stereocenters. The number of halogens is 1. The molecule has 2 aliphatic heterocycles. The van der Waals surface area contributed by atoms with Crippen molar-refractivity contribution in [1.82, 2.24) is 0 Å². The van der Waals surface area contributed by atoms with E-state index in [4.69, 9.17) is 9.47 Å². The minimum atomic E-state index is -0.318. The SMILES string of the molecule is O=[N+]([O-])c1ccc(Br)cc1N1CCC(OCC2CCCO2)CC1. The molecule has 1 aromatic rings. The summed E-state index contributed by atoms with van der Waals surface area (Å²) in [5, 5.41) is 11.2. The zero-order valence-electron chi connectivity index (χ0n) is 12.9. The molecule has 0 aromatic heterocycles. The van der Waals surface area contributed by atoms with Crippen LogP contribution in [0.3, 0.4) is 0 Å². The largest absolute Gasteiger partial charge is 0.376 e. The average molecular weight is 385 g/mol. The fraction of sp³-hybridized carbons (Fsp3) is 0.625. The Morgan fingerprint density at radius 1 is 1.35 bits per heavy atom. The van der Waals surface area contributed by atoms with Gasteiger partial charge in [-0.25, -0.2) is 0 Å². The molecule has 2 saturated heterocycles. The van der Waals surface area contributed by atoms with Gasteiger partial charge in [0, 0.05) is 30.2 Å². The number of piperidine rings is 1. The van der Waals surface area contributed by atoms with Crippen molar-refractivity contribution in [2.75, 3.05) is 31.2 Å². The van der Waals surface area contributed by atoms with Crippen LogP contribution in [0.1, 0.15) is 25.7 Å². The third-order valence-corrected chi connectivity index (χ3v) is 4.95. The summed E-state index contributed by atoms with van der Waals surface area (Å²) in [5.74, 6) is 0. The van der Waals surface area contributed by atoms with Crippen molar-refractivity contribution < 1.29 is 14.4 Å². The first-order valence-corrected chi connectivity index (χ1v) is 8.85. The summed E-state index contributed by atoms with van der Waals surface area (Å²) in [6, 6.07) is 5.09. The van der Waals surface area contributed by atoms with Gasteiger partial charge in [0.15, 0.2) is 0 Å². The van der Waals surface area contributed by atoms with Gasteiger partial charge >= 0.3 is 0 Å². The Labute approximate surface area is 144 Å². The van der Waals surface area contributed by atoms with Crippen LogP contribution < -0.4 is 4.90 Å². The smallest absolute Gasteiger partial charge is 0.292 e. The highest BCUT2D eigenvalue weighted by molar-refractivity contribution is 9.10. The van der Waals surface area contributed by atoms with Gasteiger partial charge in [-0.15, -0.1) is 0 Å². The summed E-state index contributed by atoms with van der Waals surface area (Å²) < 4.78 is 12.4. The van der Waals surface area contributed by atoms with Gasteiger partial charge in [0.2, 0.25) is 0 Å². The van der Waals surface area contributed by atoms with E-state index in [-0.39, 0.29) is 22.8 Å². The molecule has 0 N–H and O–H groups in total. The molecule has 0 spiro atoms. The number of nitro benzene ring substituents is 1. The van der Waals surface area contributed by atoms with Crippen molar-refractivity contribution in [2.24, 2.45) is 0 Å². The predicted octanol–water partition coefficient (Wildman–Crippen LogP) is 3.52. The molecular weight excluding hydrogens is 364 g/mol. The Bertz CT molecular complexity index is 555. The zero-order valence-corrected chi connectivity index (χ0v) is 14.5. The second-order valence-corrected chi connectivity index (χ2v) is 6.96. The highest BCUT2D eigenvalue weighted by atomic mass is 79.9. The summed E-state index contributed by atoms with van der Waals surface area (Å²) in [6.45, 7) is 3.06. The maximum absolute atomic E-state index is 11.2. The van der Waals surface area contributed by atoms with E-state index in [0.717, 1.165) is 49.9 Å². The van der Waals surface area contributed by atoms with Crippen LogP contribution in [-0.2, 0) is 9.47 Å². The van der Waals surface area contributed by atoms with E-state index < -0.39 is 0 Å². The van der Waals surface area contributed by atoms with Crippen molar-refractivity contribution in [3.05, 3.63) is 32.8 Å². The molecule has 7 heteroatoms. The first-order valence-electron chi connectivity index (χ1n) is 8.05. The Balaban J connectivity index is 1.56. The monoisotopic (exact) mass is 384 g/mol. The summed E-state index contributed by atoms with van der Waals surface area (Å²) >= 11 is 3.40. The normalized spacial score (nSPS) is 22.5.